The number of carbonyl (C=O) groups is 1. The first-order valence-electron chi connectivity index (χ1n) is 8.51. The van der Waals surface area contributed by atoms with Crippen molar-refractivity contribution in [1.29, 1.82) is 0 Å². The Morgan fingerprint density at radius 3 is 2.92 bits per heavy atom. The molecule has 1 saturated heterocycles. The summed E-state index contributed by atoms with van der Waals surface area (Å²) in [6.07, 6.45) is 3.16. The molecule has 1 aliphatic heterocycles. The lowest BCUT2D eigenvalue weighted by atomic mass is 9.95. The first-order valence-corrected chi connectivity index (χ1v) is 10.6. The number of nitrogens with zero attached hydrogens (tertiary/aromatic N) is 2. The number of rotatable bonds is 7. The zero-order valence-corrected chi connectivity index (χ0v) is 17.4. The molecule has 8 heteroatoms. The summed E-state index contributed by atoms with van der Waals surface area (Å²) in [5, 5.41) is 4.25. The van der Waals surface area contributed by atoms with Gasteiger partial charge in [0.25, 0.3) is 0 Å². The van der Waals surface area contributed by atoms with E-state index in [1.165, 1.54) is 11.3 Å². The molecule has 140 valence electrons. The molecule has 0 radical (unpaired) electrons. The van der Waals surface area contributed by atoms with Crippen LogP contribution in [0.15, 0.2) is 33.6 Å². The molecule has 0 unspecified atom stereocenters. The van der Waals surface area contributed by atoms with Crippen molar-refractivity contribution in [1.82, 2.24) is 10.0 Å². The minimum atomic E-state index is -0.248. The van der Waals surface area contributed by atoms with Gasteiger partial charge in [-0.25, -0.2) is 9.78 Å². The lowest BCUT2D eigenvalue weighted by molar-refractivity contribution is -0.196. The summed E-state index contributed by atoms with van der Waals surface area (Å²) in [5.41, 5.74) is 2.48. The van der Waals surface area contributed by atoms with Gasteiger partial charge in [0.05, 0.1) is 29.3 Å². The molecule has 0 aliphatic carbocycles. The lowest BCUT2D eigenvalue weighted by Gasteiger charge is -2.30. The lowest BCUT2D eigenvalue weighted by Crippen LogP contribution is -2.36. The minimum Gasteiger partial charge on any atom is -0.492 e. The summed E-state index contributed by atoms with van der Waals surface area (Å²) in [6.45, 7) is 2.14. The molecule has 0 atom stereocenters. The highest BCUT2D eigenvalue weighted by Gasteiger charge is 2.22. The number of hydroxylamine groups is 2. The van der Waals surface area contributed by atoms with Gasteiger partial charge in [-0.3, -0.25) is 0 Å². The average molecular weight is 460 g/mol. The second-order valence-corrected chi connectivity index (χ2v) is 8.25. The van der Waals surface area contributed by atoms with E-state index < -0.39 is 0 Å². The zero-order valence-electron chi connectivity index (χ0n) is 14.2. The van der Waals surface area contributed by atoms with Crippen molar-refractivity contribution in [3.05, 3.63) is 44.3 Å². The Morgan fingerprint density at radius 2 is 2.19 bits per heavy atom. The van der Waals surface area contributed by atoms with Crippen molar-refractivity contribution >= 4 is 44.8 Å². The van der Waals surface area contributed by atoms with Crippen LogP contribution in [0.5, 0.6) is 5.75 Å². The van der Waals surface area contributed by atoms with E-state index in [0.29, 0.717) is 23.3 Å². The fourth-order valence-electron chi connectivity index (χ4n) is 2.86. The third kappa shape index (κ3) is 5.94. The molecule has 1 aliphatic rings. The van der Waals surface area contributed by atoms with Crippen molar-refractivity contribution in [2.75, 3.05) is 19.7 Å². The number of carbonyl (C=O) groups excluding carboxylic acids is 1. The van der Waals surface area contributed by atoms with Crippen LogP contribution < -0.4 is 4.74 Å². The van der Waals surface area contributed by atoms with Crippen LogP contribution in [0, 0.1) is 5.92 Å². The predicted molar refractivity (Wildman–Crippen MR) is 105 cm³/mol. The van der Waals surface area contributed by atoms with Crippen LogP contribution in [0.4, 0.5) is 0 Å². The van der Waals surface area contributed by atoms with Crippen LogP contribution in [0.2, 0.25) is 5.02 Å². The van der Waals surface area contributed by atoms with Gasteiger partial charge < -0.3 is 9.57 Å². The van der Waals surface area contributed by atoms with Crippen LogP contribution >= 0.6 is 38.9 Å². The maximum atomic E-state index is 11.9. The van der Waals surface area contributed by atoms with E-state index in [2.05, 4.69) is 20.9 Å². The molecule has 3 rings (SSSR count). The van der Waals surface area contributed by atoms with Crippen LogP contribution in [0.1, 0.15) is 25.0 Å². The standard InChI is InChI=1S/C18H20BrClN2O3S/c19-14-1-2-16(20)17(9-14)24-8-5-13-3-6-22(7-4-13)25-18(23)10-15-11-26-12-21-15/h1-2,9,11-13H,3-8,10H2. The Balaban J connectivity index is 1.34. The molecular formula is C18H20BrClN2O3S. The van der Waals surface area contributed by atoms with Crippen LogP contribution in [-0.4, -0.2) is 35.7 Å². The minimum absolute atomic E-state index is 0.227. The quantitative estimate of drug-likeness (QED) is 0.598. The van der Waals surface area contributed by atoms with E-state index in [1.54, 1.807) is 10.6 Å². The SMILES string of the molecule is O=C(Cc1cscn1)ON1CCC(CCOc2cc(Br)ccc2Cl)CC1. The van der Waals surface area contributed by atoms with E-state index in [1.807, 2.05) is 23.6 Å². The third-order valence-electron chi connectivity index (χ3n) is 4.29. The summed E-state index contributed by atoms with van der Waals surface area (Å²) in [4.78, 5) is 21.4. The highest BCUT2D eigenvalue weighted by Crippen LogP contribution is 2.29. The second kappa shape index (κ2) is 9.69. The number of benzene rings is 1. The molecule has 1 aromatic heterocycles. The fraction of sp³-hybridized carbons (Fsp3) is 0.444. The molecule has 0 N–H and O–H groups in total. The highest BCUT2D eigenvalue weighted by molar-refractivity contribution is 9.10. The topological polar surface area (TPSA) is 51.7 Å². The van der Waals surface area contributed by atoms with E-state index in [-0.39, 0.29) is 12.4 Å². The van der Waals surface area contributed by atoms with Gasteiger partial charge in [0.1, 0.15) is 5.75 Å². The highest BCUT2D eigenvalue weighted by atomic mass is 79.9. The van der Waals surface area contributed by atoms with Gasteiger partial charge in [-0.05, 0) is 43.4 Å². The molecule has 0 bridgehead atoms. The first kappa shape index (κ1) is 19.6. The summed E-state index contributed by atoms with van der Waals surface area (Å²) in [7, 11) is 0. The number of piperidine rings is 1. The van der Waals surface area contributed by atoms with Gasteiger partial charge in [0, 0.05) is 22.9 Å². The van der Waals surface area contributed by atoms with Gasteiger partial charge in [-0.1, -0.05) is 27.5 Å². The molecular weight excluding hydrogens is 440 g/mol. The van der Waals surface area contributed by atoms with Gasteiger partial charge in [-0.15, -0.1) is 16.4 Å². The molecule has 26 heavy (non-hydrogen) atoms. The van der Waals surface area contributed by atoms with Gasteiger partial charge in [0.2, 0.25) is 0 Å². The number of thiazole rings is 1. The van der Waals surface area contributed by atoms with Crippen molar-refractivity contribution in [2.24, 2.45) is 5.92 Å². The van der Waals surface area contributed by atoms with Crippen molar-refractivity contribution in [3.8, 4) is 5.75 Å². The van der Waals surface area contributed by atoms with Gasteiger partial charge in [-0.2, -0.15) is 0 Å². The summed E-state index contributed by atoms with van der Waals surface area (Å²) in [6, 6.07) is 5.59. The number of hydrogen-bond donors (Lipinski definition) is 0. The van der Waals surface area contributed by atoms with Crippen LogP contribution in [0.3, 0.4) is 0 Å². The smallest absolute Gasteiger partial charge is 0.331 e. The fourth-order valence-corrected chi connectivity index (χ4v) is 3.93. The first-order chi connectivity index (χ1) is 12.6. The molecule has 5 nitrogen and oxygen atoms in total. The van der Waals surface area contributed by atoms with Gasteiger partial charge in [0.15, 0.2) is 0 Å². The van der Waals surface area contributed by atoms with Crippen molar-refractivity contribution in [3.63, 3.8) is 0 Å². The molecule has 1 fully saturated rings. The second-order valence-electron chi connectivity index (χ2n) is 6.20. The predicted octanol–water partition coefficient (Wildman–Crippen LogP) is 4.74. The van der Waals surface area contributed by atoms with Gasteiger partial charge >= 0.3 is 5.97 Å². The molecule has 1 aromatic carbocycles. The Labute approximate surface area is 170 Å². The molecule has 0 amide bonds. The molecule has 0 spiro atoms. The maximum Gasteiger partial charge on any atom is 0.331 e. The largest absolute Gasteiger partial charge is 0.492 e. The number of ether oxygens (including phenoxy) is 1. The zero-order chi connectivity index (χ0) is 18.4. The normalized spacial score (nSPS) is 15.8. The summed E-state index contributed by atoms with van der Waals surface area (Å²) < 4.78 is 6.75. The van der Waals surface area contributed by atoms with Crippen LogP contribution in [-0.2, 0) is 16.1 Å². The monoisotopic (exact) mass is 458 g/mol. The maximum absolute atomic E-state index is 11.9. The molecule has 2 heterocycles. The number of hydrogen-bond acceptors (Lipinski definition) is 6. The van der Waals surface area contributed by atoms with E-state index in [4.69, 9.17) is 21.2 Å². The number of aromatic nitrogens is 1. The van der Waals surface area contributed by atoms with Crippen LogP contribution in [0.25, 0.3) is 0 Å². The Bertz CT molecular complexity index is 721. The van der Waals surface area contributed by atoms with Crippen molar-refractivity contribution in [2.45, 2.75) is 25.7 Å². The Morgan fingerprint density at radius 1 is 1.38 bits per heavy atom. The average Bonchev–Trinajstić information content (AvgIpc) is 3.12. The molecule has 0 saturated carbocycles. The van der Waals surface area contributed by atoms with E-state index >= 15 is 0 Å². The number of halogens is 2. The Hall–Kier alpha value is -1.15. The van der Waals surface area contributed by atoms with E-state index in [9.17, 15) is 4.79 Å². The summed E-state index contributed by atoms with van der Waals surface area (Å²) >= 11 is 11.0. The Kier molecular flexibility index (Phi) is 7.31. The molecule has 2 aromatic rings. The van der Waals surface area contributed by atoms with E-state index in [0.717, 1.165) is 42.5 Å². The third-order valence-corrected chi connectivity index (χ3v) is 5.73. The van der Waals surface area contributed by atoms with Crippen molar-refractivity contribution < 1.29 is 14.4 Å². The summed E-state index contributed by atoms with van der Waals surface area (Å²) in [5.74, 6) is 1.02.